The summed E-state index contributed by atoms with van der Waals surface area (Å²) in [5.74, 6) is -0.131. The molecule has 2 heterocycles. The number of aromatic nitrogens is 2. The van der Waals surface area contributed by atoms with Gasteiger partial charge in [0, 0.05) is 6.42 Å². The Balaban J connectivity index is 1.99. The molecule has 1 fully saturated rings. The number of hydrogen-bond donors (Lipinski definition) is 0. The fourth-order valence-electron chi connectivity index (χ4n) is 1.27. The van der Waals surface area contributed by atoms with Gasteiger partial charge in [0.05, 0.1) is 0 Å². The van der Waals surface area contributed by atoms with E-state index in [1.807, 2.05) is 13.2 Å². The molecule has 7 heteroatoms. The smallest absolute Gasteiger partial charge is 0.319 e. The summed E-state index contributed by atoms with van der Waals surface area (Å²) in [6, 6.07) is 0. The maximum atomic E-state index is 11.4. The van der Waals surface area contributed by atoms with Crippen LogP contribution in [0.25, 0.3) is 0 Å². The zero-order valence-electron chi connectivity index (χ0n) is 8.30. The summed E-state index contributed by atoms with van der Waals surface area (Å²) in [7, 11) is 0. The number of ether oxygens (including phenoxy) is 1. The van der Waals surface area contributed by atoms with Crippen molar-refractivity contribution in [2.75, 3.05) is 6.26 Å². The van der Waals surface area contributed by atoms with Gasteiger partial charge in [0.15, 0.2) is 8.68 Å². The van der Waals surface area contributed by atoms with Crippen molar-refractivity contribution in [1.82, 2.24) is 10.2 Å². The van der Waals surface area contributed by atoms with Crippen molar-refractivity contribution in [2.24, 2.45) is 0 Å². The molecule has 1 aliphatic heterocycles. The van der Waals surface area contributed by atoms with E-state index in [2.05, 4.69) is 10.2 Å². The first-order valence-electron chi connectivity index (χ1n) is 4.43. The van der Waals surface area contributed by atoms with Gasteiger partial charge in [-0.25, -0.2) is 0 Å². The van der Waals surface area contributed by atoms with Crippen molar-refractivity contribution >= 4 is 40.8 Å². The molecule has 0 saturated carbocycles. The normalized spacial score (nSPS) is 25.6. The second-order valence-corrected chi connectivity index (χ2v) is 6.61. The van der Waals surface area contributed by atoms with Crippen molar-refractivity contribution in [3.63, 3.8) is 0 Å². The molecule has 0 aliphatic carbocycles. The van der Waals surface area contributed by atoms with Crippen LogP contribution in [0.3, 0.4) is 0 Å². The average molecular weight is 262 g/mol. The number of nitrogens with zero attached hydrogens (tertiary/aromatic N) is 2. The standard InChI is InChI=1S/C8H10N2O2S3/c1-4-3-5(6(11)12-4)14-8-10-9-7(13-2)15-8/h4-5H,3H2,1-2H3. The van der Waals surface area contributed by atoms with E-state index in [9.17, 15) is 4.79 Å². The number of thioether (sulfide) groups is 2. The second kappa shape index (κ2) is 4.71. The summed E-state index contributed by atoms with van der Waals surface area (Å²) in [6.07, 6.45) is 2.75. The number of carbonyl (C=O) groups is 1. The van der Waals surface area contributed by atoms with Gasteiger partial charge >= 0.3 is 5.97 Å². The maximum absolute atomic E-state index is 11.4. The van der Waals surface area contributed by atoms with Gasteiger partial charge in [-0.3, -0.25) is 4.79 Å². The molecule has 2 atom stereocenters. The van der Waals surface area contributed by atoms with Crippen molar-refractivity contribution in [3.8, 4) is 0 Å². The van der Waals surface area contributed by atoms with Crippen LogP contribution in [0.1, 0.15) is 13.3 Å². The molecule has 0 spiro atoms. The molecule has 2 rings (SSSR count). The van der Waals surface area contributed by atoms with E-state index < -0.39 is 0 Å². The Hall–Kier alpha value is -0.270. The highest BCUT2D eigenvalue weighted by atomic mass is 32.2. The molecule has 4 nitrogen and oxygen atoms in total. The lowest BCUT2D eigenvalue weighted by Crippen LogP contribution is -2.08. The van der Waals surface area contributed by atoms with E-state index in [0.29, 0.717) is 0 Å². The molecule has 0 N–H and O–H groups in total. The highest BCUT2D eigenvalue weighted by molar-refractivity contribution is 8.03. The van der Waals surface area contributed by atoms with Gasteiger partial charge in [0.1, 0.15) is 11.4 Å². The number of esters is 1. The Morgan fingerprint density at radius 2 is 2.20 bits per heavy atom. The Labute approximate surface area is 100 Å². The van der Waals surface area contributed by atoms with Gasteiger partial charge in [0.2, 0.25) is 0 Å². The second-order valence-electron chi connectivity index (χ2n) is 3.13. The molecule has 1 saturated heterocycles. The van der Waals surface area contributed by atoms with Crippen molar-refractivity contribution in [2.45, 2.75) is 33.4 Å². The summed E-state index contributed by atoms with van der Waals surface area (Å²) < 4.78 is 6.84. The Kier molecular flexibility index (Phi) is 3.53. The first kappa shape index (κ1) is 11.2. The molecular weight excluding hydrogens is 252 g/mol. The molecule has 15 heavy (non-hydrogen) atoms. The minimum Gasteiger partial charge on any atom is -0.462 e. The van der Waals surface area contributed by atoms with Crippen LogP contribution in [0, 0.1) is 0 Å². The summed E-state index contributed by atoms with van der Waals surface area (Å²) in [4.78, 5) is 11.4. The zero-order valence-corrected chi connectivity index (χ0v) is 10.7. The van der Waals surface area contributed by atoms with Gasteiger partial charge in [-0.1, -0.05) is 34.9 Å². The fourth-order valence-corrected chi connectivity index (χ4v) is 4.06. The van der Waals surface area contributed by atoms with E-state index in [0.717, 1.165) is 15.1 Å². The third-order valence-electron chi connectivity index (χ3n) is 1.93. The van der Waals surface area contributed by atoms with Gasteiger partial charge in [0.25, 0.3) is 0 Å². The topological polar surface area (TPSA) is 52.1 Å². The van der Waals surface area contributed by atoms with Gasteiger partial charge in [-0.2, -0.15) is 0 Å². The Bertz CT molecular complexity index is 369. The maximum Gasteiger partial charge on any atom is 0.319 e. The van der Waals surface area contributed by atoms with Crippen LogP contribution in [0.15, 0.2) is 8.68 Å². The first-order chi connectivity index (χ1) is 7.19. The molecule has 1 aromatic heterocycles. The third kappa shape index (κ3) is 2.64. The number of rotatable bonds is 3. The highest BCUT2D eigenvalue weighted by Crippen LogP contribution is 2.35. The zero-order chi connectivity index (χ0) is 10.8. The van der Waals surface area contributed by atoms with E-state index in [1.54, 1.807) is 11.8 Å². The Morgan fingerprint density at radius 3 is 2.73 bits per heavy atom. The molecular formula is C8H10N2O2S3. The summed E-state index contributed by atoms with van der Waals surface area (Å²) in [5.41, 5.74) is 0. The predicted molar refractivity (Wildman–Crippen MR) is 61.5 cm³/mol. The lowest BCUT2D eigenvalue weighted by Gasteiger charge is -1.99. The third-order valence-corrected chi connectivity index (χ3v) is 5.12. The van der Waals surface area contributed by atoms with Gasteiger partial charge in [-0.05, 0) is 13.2 Å². The molecule has 82 valence electrons. The average Bonchev–Trinajstić information content (AvgIpc) is 2.75. The van der Waals surface area contributed by atoms with Gasteiger partial charge < -0.3 is 4.74 Å². The van der Waals surface area contributed by atoms with Crippen LogP contribution in [0.4, 0.5) is 0 Å². The van der Waals surface area contributed by atoms with E-state index in [1.165, 1.54) is 23.1 Å². The lowest BCUT2D eigenvalue weighted by atomic mass is 10.3. The molecule has 0 aromatic carbocycles. The predicted octanol–water partition coefficient (Wildman–Crippen LogP) is 2.06. The SMILES string of the molecule is CSc1nnc(SC2CC(C)OC2=O)s1. The molecule has 0 amide bonds. The minimum absolute atomic E-state index is 0.0305. The minimum atomic E-state index is -0.131. The van der Waals surface area contributed by atoms with Crippen LogP contribution >= 0.6 is 34.9 Å². The lowest BCUT2D eigenvalue weighted by molar-refractivity contribution is -0.140. The molecule has 2 unspecified atom stereocenters. The van der Waals surface area contributed by atoms with Crippen LogP contribution in [-0.4, -0.2) is 33.8 Å². The fraction of sp³-hybridized carbons (Fsp3) is 0.625. The highest BCUT2D eigenvalue weighted by Gasteiger charge is 2.33. The van der Waals surface area contributed by atoms with Gasteiger partial charge in [-0.15, -0.1) is 10.2 Å². The Morgan fingerprint density at radius 1 is 1.47 bits per heavy atom. The molecule has 0 radical (unpaired) electrons. The van der Waals surface area contributed by atoms with Crippen LogP contribution < -0.4 is 0 Å². The number of cyclic esters (lactones) is 1. The van der Waals surface area contributed by atoms with Crippen LogP contribution in [0.5, 0.6) is 0 Å². The van der Waals surface area contributed by atoms with Crippen LogP contribution in [0.2, 0.25) is 0 Å². The quantitative estimate of drug-likeness (QED) is 0.614. The van der Waals surface area contributed by atoms with Crippen LogP contribution in [-0.2, 0) is 9.53 Å². The first-order valence-corrected chi connectivity index (χ1v) is 7.36. The van der Waals surface area contributed by atoms with Crippen molar-refractivity contribution in [1.29, 1.82) is 0 Å². The number of carbonyl (C=O) groups excluding carboxylic acids is 1. The largest absolute Gasteiger partial charge is 0.462 e. The molecule has 1 aliphatic rings. The van der Waals surface area contributed by atoms with Crippen molar-refractivity contribution < 1.29 is 9.53 Å². The molecule has 1 aromatic rings. The summed E-state index contributed by atoms with van der Waals surface area (Å²) in [6.45, 7) is 1.91. The monoisotopic (exact) mass is 262 g/mol. The summed E-state index contributed by atoms with van der Waals surface area (Å²) in [5, 5.41) is 7.88. The summed E-state index contributed by atoms with van der Waals surface area (Å²) >= 11 is 4.54. The molecule has 0 bridgehead atoms. The van der Waals surface area contributed by atoms with E-state index >= 15 is 0 Å². The van der Waals surface area contributed by atoms with E-state index in [-0.39, 0.29) is 17.3 Å². The number of hydrogen-bond acceptors (Lipinski definition) is 7. The van der Waals surface area contributed by atoms with E-state index in [4.69, 9.17) is 4.74 Å². The van der Waals surface area contributed by atoms with Crippen molar-refractivity contribution in [3.05, 3.63) is 0 Å².